The van der Waals surface area contributed by atoms with Gasteiger partial charge in [0.25, 0.3) is 0 Å². The lowest BCUT2D eigenvalue weighted by atomic mass is 9.94. The molecule has 7 heteroatoms. The number of carbonyl (C=O) groups excluding carboxylic acids is 2. The summed E-state index contributed by atoms with van der Waals surface area (Å²) in [6, 6.07) is 7.91. The zero-order valence-corrected chi connectivity index (χ0v) is 22.6. The molecule has 0 aliphatic carbocycles. The Morgan fingerprint density at radius 3 is 2.26 bits per heavy atom. The van der Waals surface area contributed by atoms with Gasteiger partial charge in [-0.1, -0.05) is 40.2 Å². The maximum atomic E-state index is 13.5. The molecule has 0 aliphatic heterocycles. The van der Waals surface area contributed by atoms with Crippen molar-refractivity contribution in [1.82, 2.24) is 9.80 Å². The van der Waals surface area contributed by atoms with E-state index in [-0.39, 0.29) is 18.4 Å². The Hall–Kier alpha value is -2.54. The molecule has 2 rings (SSSR count). The fraction of sp³-hybridized carbons (Fsp3) is 0.556. The lowest BCUT2D eigenvalue weighted by Crippen LogP contribution is -2.47. The highest BCUT2D eigenvalue weighted by molar-refractivity contribution is 7.10. The third-order valence-electron chi connectivity index (χ3n) is 5.81. The molecule has 1 aromatic heterocycles. The van der Waals surface area contributed by atoms with Crippen molar-refractivity contribution in [3.8, 4) is 11.5 Å². The molecular formula is C27H40N2O4S. The zero-order valence-electron chi connectivity index (χ0n) is 21.8. The maximum absolute atomic E-state index is 13.5. The van der Waals surface area contributed by atoms with E-state index in [4.69, 9.17) is 9.47 Å². The molecule has 0 spiro atoms. The van der Waals surface area contributed by atoms with Crippen LogP contribution in [-0.4, -0.2) is 55.5 Å². The molecule has 1 aromatic carbocycles. The van der Waals surface area contributed by atoms with Crippen molar-refractivity contribution < 1.29 is 19.1 Å². The standard InChI is InChI=1S/C27H40N2O4S/c1-8-9-14-29(26(31)27(3,4)5)19-25(30)28(18-24-20(2)13-16-34-24)15-12-21-10-11-22(32-6)23(17-21)33-7/h10-11,13,16-17H,8-9,12,14-15,18-19H2,1-7H3. The first-order chi connectivity index (χ1) is 16.1. The average molecular weight is 489 g/mol. The number of unbranched alkanes of at least 4 members (excludes halogenated alkanes) is 1. The average Bonchev–Trinajstić information content (AvgIpc) is 3.21. The van der Waals surface area contributed by atoms with Crippen LogP contribution in [0.4, 0.5) is 0 Å². The van der Waals surface area contributed by atoms with Gasteiger partial charge in [0.05, 0.1) is 27.3 Å². The van der Waals surface area contributed by atoms with Gasteiger partial charge in [0.2, 0.25) is 11.8 Å². The summed E-state index contributed by atoms with van der Waals surface area (Å²) in [7, 11) is 3.23. The summed E-state index contributed by atoms with van der Waals surface area (Å²) in [6.45, 7) is 11.7. The molecule has 0 saturated carbocycles. The van der Waals surface area contributed by atoms with Crippen molar-refractivity contribution in [1.29, 1.82) is 0 Å². The smallest absolute Gasteiger partial charge is 0.242 e. The highest BCUT2D eigenvalue weighted by Crippen LogP contribution is 2.28. The Balaban J connectivity index is 2.22. The predicted octanol–water partition coefficient (Wildman–Crippen LogP) is 5.32. The second kappa shape index (κ2) is 12.8. The van der Waals surface area contributed by atoms with Crippen molar-refractivity contribution in [3.63, 3.8) is 0 Å². The number of hydrogen-bond acceptors (Lipinski definition) is 5. The summed E-state index contributed by atoms with van der Waals surface area (Å²) < 4.78 is 10.8. The molecule has 1 heterocycles. The van der Waals surface area contributed by atoms with Crippen LogP contribution in [0, 0.1) is 12.3 Å². The number of ether oxygens (including phenoxy) is 2. The molecule has 0 aliphatic rings. The van der Waals surface area contributed by atoms with Gasteiger partial charge in [-0.15, -0.1) is 11.3 Å². The largest absolute Gasteiger partial charge is 0.493 e. The molecule has 0 fully saturated rings. The van der Waals surface area contributed by atoms with Crippen LogP contribution in [0.25, 0.3) is 0 Å². The van der Waals surface area contributed by atoms with Crippen molar-refractivity contribution in [2.45, 2.75) is 60.4 Å². The number of benzene rings is 1. The van der Waals surface area contributed by atoms with Crippen LogP contribution in [0.1, 0.15) is 56.5 Å². The van der Waals surface area contributed by atoms with Gasteiger partial charge in [0.15, 0.2) is 11.5 Å². The van der Waals surface area contributed by atoms with E-state index in [0.717, 1.165) is 18.4 Å². The molecule has 6 nitrogen and oxygen atoms in total. The van der Waals surface area contributed by atoms with Crippen LogP contribution in [0.2, 0.25) is 0 Å². The molecule has 188 valence electrons. The summed E-state index contributed by atoms with van der Waals surface area (Å²) in [5, 5.41) is 2.05. The van der Waals surface area contributed by atoms with Gasteiger partial charge < -0.3 is 19.3 Å². The summed E-state index contributed by atoms with van der Waals surface area (Å²) in [4.78, 5) is 31.3. The van der Waals surface area contributed by atoms with Crippen molar-refractivity contribution in [2.24, 2.45) is 5.41 Å². The maximum Gasteiger partial charge on any atom is 0.242 e. The van der Waals surface area contributed by atoms with Gasteiger partial charge in [-0.05, 0) is 54.5 Å². The quantitative estimate of drug-likeness (QED) is 0.406. The van der Waals surface area contributed by atoms with Crippen LogP contribution in [-0.2, 0) is 22.6 Å². The predicted molar refractivity (Wildman–Crippen MR) is 139 cm³/mol. The normalized spacial score (nSPS) is 11.3. The summed E-state index contributed by atoms with van der Waals surface area (Å²) in [6.07, 6.45) is 2.53. The first-order valence-electron chi connectivity index (χ1n) is 11.9. The minimum atomic E-state index is -0.525. The Kier molecular flexibility index (Phi) is 10.4. The van der Waals surface area contributed by atoms with E-state index in [1.807, 2.05) is 43.9 Å². The number of hydrogen-bond donors (Lipinski definition) is 0. The van der Waals surface area contributed by atoms with Gasteiger partial charge in [-0.3, -0.25) is 9.59 Å². The molecule has 0 bridgehead atoms. The SMILES string of the molecule is CCCCN(CC(=O)N(CCc1ccc(OC)c(OC)c1)Cc1sccc1C)C(=O)C(C)(C)C. The number of nitrogens with zero attached hydrogens (tertiary/aromatic N) is 2. The summed E-state index contributed by atoms with van der Waals surface area (Å²) in [5.41, 5.74) is 1.72. The number of thiophene rings is 1. The highest BCUT2D eigenvalue weighted by Gasteiger charge is 2.29. The molecule has 34 heavy (non-hydrogen) atoms. The lowest BCUT2D eigenvalue weighted by molar-refractivity contribution is -0.145. The van der Waals surface area contributed by atoms with Crippen molar-refractivity contribution in [2.75, 3.05) is 33.9 Å². The van der Waals surface area contributed by atoms with Gasteiger partial charge >= 0.3 is 0 Å². The Bertz CT molecular complexity index is 948. The van der Waals surface area contributed by atoms with Gasteiger partial charge in [0, 0.05) is 23.4 Å². The second-order valence-electron chi connectivity index (χ2n) is 9.61. The van der Waals surface area contributed by atoms with E-state index in [1.165, 1.54) is 10.4 Å². The summed E-state index contributed by atoms with van der Waals surface area (Å²) in [5.74, 6) is 1.34. The van der Waals surface area contributed by atoms with E-state index in [1.54, 1.807) is 30.5 Å². The molecule has 0 N–H and O–H groups in total. The molecule has 2 aromatic rings. The zero-order chi connectivity index (χ0) is 25.3. The minimum absolute atomic E-state index is 0.0152. The Labute approximate surface area is 208 Å². The molecule has 0 unspecified atom stereocenters. The summed E-state index contributed by atoms with van der Waals surface area (Å²) >= 11 is 1.66. The van der Waals surface area contributed by atoms with E-state index in [9.17, 15) is 9.59 Å². The minimum Gasteiger partial charge on any atom is -0.493 e. The molecule has 0 saturated heterocycles. The molecular weight excluding hydrogens is 448 g/mol. The van der Waals surface area contributed by atoms with Gasteiger partial charge in [-0.25, -0.2) is 0 Å². The van der Waals surface area contributed by atoms with Crippen molar-refractivity contribution in [3.05, 3.63) is 45.6 Å². The van der Waals surface area contributed by atoms with Crippen LogP contribution in [0.3, 0.4) is 0 Å². The number of methoxy groups -OCH3 is 2. The van der Waals surface area contributed by atoms with Crippen LogP contribution in [0.15, 0.2) is 29.6 Å². The van der Waals surface area contributed by atoms with Crippen molar-refractivity contribution >= 4 is 23.2 Å². The molecule has 2 amide bonds. The number of rotatable bonds is 12. The van der Waals surface area contributed by atoms with Crippen LogP contribution in [0.5, 0.6) is 11.5 Å². The van der Waals surface area contributed by atoms with E-state index < -0.39 is 5.41 Å². The monoisotopic (exact) mass is 488 g/mol. The van der Waals surface area contributed by atoms with Crippen LogP contribution >= 0.6 is 11.3 Å². The van der Waals surface area contributed by atoms with E-state index >= 15 is 0 Å². The Morgan fingerprint density at radius 2 is 1.71 bits per heavy atom. The first-order valence-corrected chi connectivity index (χ1v) is 12.8. The fourth-order valence-electron chi connectivity index (χ4n) is 3.67. The second-order valence-corrected chi connectivity index (χ2v) is 10.6. The highest BCUT2D eigenvalue weighted by atomic mass is 32.1. The lowest BCUT2D eigenvalue weighted by Gasteiger charge is -2.31. The Morgan fingerprint density at radius 1 is 1.00 bits per heavy atom. The van der Waals surface area contributed by atoms with Crippen LogP contribution < -0.4 is 9.47 Å². The number of carbonyl (C=O) groups is 2. The van der Waals surface area contributed by atoms with E-state index in [0.29, 0.717) is 37.6 Å². The topological polar surface area (TPSA) is 59.1 Å². The first kappa shape index (κ1) is 27.7. The number of amides is 2. The third-order valence-corrected chi connectivity index (χ3v) is 6.82. The number of aryl methyl sites for hydroxylation is 1. The fourth-order valence-corrected chi connectivity index (χ4v) is 4.59. The third kappa shape index (κ3) is 7.76. The molecule has 0 atom stereocenters. The van der Waals surface area contributed by atoms with E-state index in [2.05, 4.69) is 25.3 Å². The van der Waals surface area contributed by atoms with Gasteiger partial charge in [-0.2, -0.15) is 0 Å². The molecule has 0 radical (unpaired) electrons. The van der Waals surface area contributed by atoms with Gasteiger partial charge in [0.1, 0.15) is 0 Å².